The molecule has 22 heavy (non-hydrogen) atoms. The minimum atomic E-state index is 0.158. The van der Waals surface area contributed by atoms with Crippen LogP contribution in [0.15, 0.2) is 29.8 Å². The Morgan fingerprint density at radius 1 is 1.27 bits per heavy atom. The third-order valence-electron chi connectivity index (χ3n) is 5.47. The lowest BCUT2D eigenvalue weighted by Gasteiger charge is -2.44. The average Bonchev–Trinajstić information content (AvgIpc) is 2.80. The Morgan fingerprint density at radius 2 is 2.09 bits per heavy atom. The Balaban J connectivity index is 1.95. The molecule has 1 aromatic carbocycles. The van der Waals surface area contributed by atoms with Crippen molar-refractivity contribution in [1.82, 2.24) is 9.47 Å². The number of aromatic nitrogens is 1. The first-order valence-corrected chi connectivity index (χ1v) is 7.82. The first-order valence-electron chi connectivity index (χ1n) is 7.82. The molecule has 1 aromatic heterocycles. The van der Waals surface area contributed by atoms with E-state index in [1.165, 1.54) is 22.2 Å². The molecular weight excluding hydrogens is 276 g/mol. The third kappa shape index (κ3) is 1.71. The molecule has 2 aromatic rings. The first-order chi connectivity index (χ1) is 10.7. The summed E-state index contributed by atoms with van der Waals surface area (Å²) in [4.78, 5) is 2.42. The van der Waals surface area contributed by atoms with Gasteiger partial charge < -0.3 is 14.4 Å². The lowest BCUT2D eigenvalue weighted by atomic mass is 9.83. The van der Waals surface area contributed by atoms with Gasteiger partial charge in [0.1, 0.15) is 5.75 Å². The van der Waals surface area contributed by atoms with Crippen LogP contribution in [0.1, 0.15) is 23.7 Å². The number of hydrogen-bond donors (Lipinski definition) is 1. The molecule has 2 aliphatic rings. The number of aliphatic hydroxyl groups excluding tert-OH is 1. The van der Waals surface area contributed by atoms with Crippen molar-refractivity contribution in [3.63, 3.8) is 0 Å². The lowest BCUT2D eigenvalue weighted by Crippen LogP contribution is -2.45. The quantitative estimate of drug-likeness (QED) is 0.865. The standard InChI is InChI=1S/C18H22N2O2/c1-19-16-6-4-11(10-21)17(19)9-14-13-8-12(22-3)5-7-15(13)20(2)18(14)16/h4-5,7-8,16-17,21H,6,9-10H2,1-3H3. The topological polar surface area (TPSA) is 37.6 Å². The summed E-state index contributed by atoms with van der Waals surface area (Å²) in [5.41, 5.74) is 5.25. The Labute approximate surface area is 130 Å². The van der Waals surface area contributed by atoms with E-state index < -0.39 is 0 Å². The molecule has 0 amide bonds. The minimum Gasteiger partial charge on any atom is -0.497 e. The second kappa shape index (κ2) is 4.86. The molecule has 2 bridgehead atoms. The highest BCUT2D eigenvalue weighted by Crippen LogP contribution is 2.44. The predicted octanol–water partition coefficient (Wildman–Crippen LogP) is 2.41. The zero-order valence-electron chi connectivity index (χ0n) is 13.3. The van der Waals surface area contributed by atoms with Gasteiger partial charge in [-0.05, 0) is 49.2 Å². The number of nitrogens with zero attached hydrogens (tertiary/aromatic N) is 2. The van der Waals surface area contributed by atoms with Crippen LogP contribution in [0.2, 0.25) is 0 Å². The van der Waals surface area contributed by atoms with Crippen molar-refractivity contribution in [1.29, 1.82) is 0 Å². The average molecular weight is 298 g/mol. The summed E-state index contributed by atoms with van der Waals surface area (Å²) in [6.07, 6.45) is 4.16. The van der Waals surface area contributed by atoms with Gasteiger partial charge in [0, 0.05) is 29.7 Å². The SMILES string of the molecule is COc1ccc2c(c1)c1c(n2C)C2CC=C(CO)C(C1)N2C. The maximum Gasteiger partial charge on any atom is 0.119 e. The Bertz CT molecular complexity index is 775. The fraction of sp³-hybridized carbons (Fsp3) is 0.444. The van der Waals surface area contributed by atoms with E-state index in [9.17, 15) is 5.11 Å². The van der Waals surface area contributed by atoms with Gasteiger partial charge >= 0.3 is 0 Å². The normalized spacial score (nSPS) is 24.3. The van der Waals surface area contributed by atoms with E-state index in [0.717, 1.165) is 24.2 Å². The van der Waals surface area contributed by atoms with Crippen molar-refractivity contribution in [2.45, 2.75) is 24.9 Å². The number of rotatable bonds is 2. The van der Waals surface area contributed by atoms with Crippen LogP contribution in [0, 0.1) is 0 Å². The molecular formula is C18H22N2O2. The van der Waals surface area contributed by atoms with E-state index in [0.29, 0.717) is 12.1 Å². The largest absolute Gasteiger partial charge is 0.497 e. The van der Waals surface area contributed by atoms with Crippen LogP contribution in [0.3, 0.4) is 0 Å². The fourth-order valence-electron chi connectivity index (χ4n) is 4.27. The van der Waals surface area contributed by atoms with Crippen LogP contribution < -0.4 is 4.74 Å². The van der Waals surface area contributed by atoms with Gasteiger partial charge in [-0.3, -0.25) is 4.90 Å². The van der Waals surface area contributed by atoms with Crippen LogP contribution >= 0.6 is 0 Å². The lowest BCUT2D eigenvalue weighted by molar-refractivity contribution is 0.145. The highest BCUT2D eigenvalue weighted by molar-refractivity contribution is 5.87. The van der Waals surface area contributed by atoms with Crippen molar-refractivity contribution in [3.8, 4) is 5.75 Å². The van der Waals surface area contributed by atoms with E-state index in [1.807, 2.05) is 6.07 Å². The van der Waals surface area contributed by atoms with Crippen molar-refractivity contribution < 1.29 is 9.84 Å². The molecule has 0 aliphatic carbocycles. The maximum absolute atomic E-state index is 9.65. The Morgan fingerprint density at radius 3 is 2.82 bits per heavy atom. The molecule has 2 atom stereocenters. The highest BCUT2D eigenvalue weighted by atomic mass is 16.5. The molecule has 0 spiro atoms. The molecule has 4 nitrogen and oxygen atoms in total. The third-order valence-corrected chi connectivity index (χ3v) is 5.47. The highest BCUT2D eigenvalue weighted by Gasteiger charge is 2.39. The maximum atomic E-state index is 9.65. The van der Waals surface area contributed by atoms with Crippen molar-refractivity contribution in [2.24, 2.45) is 7.05 Å². The van der Waals surface area contributed by atoms with Crippen molar-refractivity contribution in [2.75, 3.05) is 20.8 Å². The zero-order chi connectivity index (χ0) is 15.4. The number of hydrogen-bond acceptors (Lipinski definition) is 3. The molecule has 0 saturated carbocycles. The van der Waals surface area contributed by atoms with E-state index >= 15 is 0 Å². The monoisotopic (exact) mass is 298 g/mol. The van der Waals surface area contributed by atoms with Crippen LogP contribution in [0.4, 0.5) is 0 Å². The minimum absolute atomic E-state index is 0.158. The Hall–Kier alpha value is -1.78. The van der Waals surface area contributed by atoms with Crippen LogP contribution in [-0.4, -0.2) is 41.4 Å². The summed E-state index contributed by atoms with van der Waals surface area (Å²) < 4.78 is 7.74. The summed E-state index contributed by atoms with van der Waals surface area (Å²) in [7, 11) is 6.05. The molecule has 116 valence electrons. The first kappa shape index (κ1) is 13.9. The predicted molar refractivity (Wildman–Crippen MR) is 87.3 cm³/mol. The van der Waals surface area contributed by atoms with Gasteiger partial charge in [0.15, 0.2) is 0 Å². The number of aryl methyl sites for hydroxylation is 1. The second-order valence-electron chi connectivity index (χ2n) is 6.38. The van der Waals surface area contributed by atoms with Gasteiger partial charge in [-0.1, -0.05) is 6.08 Å². The smallest absolute Gasteiger partial charge is 0.119 e. The number of aliphatic hydroxyl groups is 1. The summed E-state index contributed by atoms with van der Waals surface area (Å²) in [5, 5.41) is 10.9. The molecule has 0 saturated heterocycles. The molecule has 0 fully saturated rings. The molecule has 2 unspecified atom stereocenters. The van der Waals surface area contributed by atoms with E-state index in [1.54, 1.807) is 7.11 Å². The van der Waals surface area contributed by atoms with Gasteiger partial charge in [0.2, 0.25) is 0 Å². The van der Waals surface area contributed by atoms with Gasteiger partial charge in [0.25, 0.3) is 0 Å². The van der Waals surface area contributed by atoms with Gasteiger partial charge in [-0.15, -0.1) is 0 Å². The summed E-state index contributed by atoms with van der Waals surface area (Å²) in [6, 6.07) is 7.04. The fourth-order valence-corrected chi connectivity index (χ4v) is 4.27. The summed E-state index contributed by atoms with van der Waals surface area (Å²) in [5.74, 6) is 0.905. The molecule has 1 N–H and O–H groups in total. The number of benzene rings is 1. The summed E-state index contributed by atoms with van der Waals surface area (Å²) >= 11 is 0. The molecule has 3 heterocycles. The van der Waals surface area contributed by atoms with Crippen LogP contribution in [0.25, 0.3) is 10.9 Å². The number of ether oxygens (including phenoxy) is 1. The van der Waals surface area contributed by atoms with E-state index in [2.05, 4.69) is 41.8 Å². The number of fused-ring (bicyclic) bond motifs is 6. The van der Waals surface area contributed by atoms with Gasteiger partial charge in [-0.25, -0.2) is 0 Å². The second-order valence-corrected chi connectivity index (χ2v) is 6.38. The van der Waals surface area contributed by atoms with E-state index in [-0.39, 0.29) is 6.61 Å². The van der Waals surface area contributed by atoms with Crippen LogP contribution in [0.5, 0.6) is 5.75 Å². The number of likely N-dealkylation sites (N-methyl/N-ethyl adjacent to an activating group) is 1. The van der Waals surface area contributed by atoms with Gasteiger partial charge in [-0.2, -0.15) is 0 Å². The van der Waals surface area contributed by atoms with E-state index in [4.69, 9.17) is 4.74 Å². The molecule has 2 aliphatic heterocycles. The molecule has 4 rings (SSSR count). The Kier molecular flexibility index (Phi) is 3.06. The van der Waals surface area contributed by atoms with Crippen molar-refractivity contribution in [3.05, 3.63) is 41.1 Å². The summed E-state index contributed by atoms with van der Waals surface area (Å²) in [6.45, 7) is 0.158. The van der Waals surface area contributed by atoms with Crippen molar-refractivity contribution >= 4 is 10.9 Å². The zero-order valence-corrected chi connectivity index (χ0v) is 13.3. The number of methoxy groups -OCH3 is 1. The van der Waals surface area contributed by atoms with Crippen LogP contribution in [-0.2, 0) is 13.5 Å². The molecule has 0 radical (unpaired) electrons. The van der Waals surface area contributed by atoms with Gasteiger partial charge in [0.05, 0.1) is 19.8 Å². The molecule has 4 heteroatoms.